The largest absolute Gasteiger partial charge is 0.385 e. The predicted molar refractivity (Wildman–Crippen MR) is 138 cm³/mol. The van der Waals surface area contributed by atoms with Crippen LogP contribution in [0.1, 0.15) is 66.9 Å². The average Bonchev–Trinajstić information content (AvgIpc) is 3.52. The van der Waals surface area contributed by atoms with Gasteiger partial charge in [-0.15, -0.1) is 0 Å². The minimum atomic E-state index is -0.811. The van der Waals surface area contributed by atoms with Gasteiger partial charge in [-0.1, -0.05) is 41.0 Å². The first kappa shape index (κ1) is 22.8. The molecule has 0 spiro atoms. The van der Waals surface area contributed by atoms with Gasteiger partial charge in [-0.2, -0.15) is 0 Å². The summed E-state index contributed by atoms with van der Waals surface area (Å²) in [5, 5.41) is 17.8. The second-order valence-corrected chi connectivity index (χ2v) is 10.7. The van der Waals surface area contributed by atoms with Gasteiger partial charge in [0.15, 0.2) is 0 Å². The molecule has 182 valence electrons. The Bertz CT molecular complexity index is 1360. The van der Waals surface area contributed by atoms with Gasteiger partial charge in [0.25, 0.3) is 0 Å². The molecule has 5 nitrogen and oxygen atoms in total. The van der Waals surface area contributed by atoms with Crippen LogP contribution >= 0.6 is 11.6 Å². The smallest absolute Gasteiger partial charge is 0.145 e. The number of nitrogens with zero attached hydrogens (tertiary/aromatic N) is 2. The quantitative estimate of drug-likeness (QED) is 0.315. The Morgan fingerprint density at radius 2 is 1.94 bits per heavy atom. The van der Waals surface area contributed by atoms with Gasteiger partial charge in [0.2, 0.25) is 0 Å². The Hall–Kier alpha value is -2.60. The summed E-state index contributed by atoms with van der Waals surface area (Å²) in [7, 11) is 2.04. The number of hydrogen-bond acceptors (Lipinski definition) is 4. The van der Waals surface area contributed by atoms with E-state index in [0.717, 1.165) is 64.9 Å². The van der Waals surface area contributed by atoms with Crippen LogP contribution in [0.5, 0.6) is 0 Å². The molecule has 6 rings (SSSR count). The van der Waals surface area contributed by atoms with Gasteiger partial charge in [-0.3, -0.25) is 0 Å². The highest BCUT2D eigenvalue weighted by molar-refractivity contribution is 6.33. The van der Waals surface area contributed by atoms with Crippen molar-refractivity contribution in [1.29, 1.82) is 0 Å². The van der Waals surface area contributed by atoms with Gasteiger partial charge in [0.1, 0.15) is 11.5 Å². The van der Waals surface area contributed by atoms with E-state index in [9.17, 15) is 5.11 Å². The maximum atomic E-state index is 11.5. The molecule has 1 N–H and O–H groups in total. The fourth-order valence-electron chi connectivity index (χ4n) is 5.53. The minimum absolute atomic E-state index is 0.0937. The molecule has 2 aromatic carbocycles. The highest BCUT2D eigenvalue weighted by atomic mass is 35.5. The van der Waals surface area contributed by atoms with E-state index in [1.54, 1.807) is 0 Å². The number of halogens is 1. The summed E-state index contributed by atoms with van der Waals surface area (Å²) in [6.07, 6.45) is 7.40. The van der Waals surface area contributed by atoms with Gasteiger partial charge in [-0.05, 0) is 80.2 Å². The van der Waals surface area contributed by atoms with Crippen LogP contribution in [0.4, 0.5) is 0 Å². The fraction of sp³-hybridized carbons (Fsp3) is 0.414. The van der Waals surface area contributed by atoms with Crippen LogP contribution < -0.4 is 0 Å². The van der Waals surface area contributed by atoms with Crippen LogP contribution in [-0.4, -0.2) is 20.9 Å². The molecular formula is C29H31ClN2O3. The molecule has 0 unspecified atom stereocenters. The molecule has 2 aliphatic rings. The fourth-order valence-corrected chi connectivity index (χ4v) is 5.84. The Labute approximate surface area is 210 Å². The normalized spacial score (nSPS) is 22.7. The maximum Gasteiger partial charge on any atom is 0.145 e. The van der Waals surface area contributed by atoms with Crippen molar-refractivity contribution in [3.8, 4) is 11.3 Å². The van der Waals surface area contributed by atoms with E-state index in [4.69, 9.17) is 20.9 Å². The molecule has 0 amide bonds. The third-order valence-electron chi connectivity index (χ3n) is 7.87. The third-order valence-corrected chi connectivity index (χ3v) is 8.19. The zero-order valence-electron chi connectivity index (χ0n) is 20.3. The highest BCUT2D eigenvalue weighted by Gasteiger charge is 2.37. The summed E-state index contributed by atoms with van der Waals surface area (Å²) < 4.78 is 14.4. The van der Waals surface area contributed by atoms with Crippen molar-refractivity contribution in [2.24, 2.45) is 7.05 Å². The summed E-state index contributed by atoms with van der Waals surface area (Å²) in [5.41, 5.74) is 5.17. The molecule has 2 fully saturated rings. The van der Waals surface area contributed by atoms with Crippen LogP contribution in [0.2, 0.25) is 5.02 Å². The maximum absolute atomic E-state index is 11.5. The third kappa shape index (κ3) is 4.20. The molecule has 2 saturated carbocycles. The Balaban J connectivity index is 1.18. The van der Waals surface area contributed by atoms with E-state index in [1.807, 2.05) is 32.2 Å². The lowest BCUT2D eigenvalue weighted by atomic mass is 9.78. The number of ether oxygens (including phenoxy) is 1. The topological polar surface area (TPSA) is 60.4 Å². The van der Waals surface area contributed by atoms with Crippen molar-refractivity contribution in [2.75, 3.05) is 0 Å². The van der Waals surface area contributed by atoms with E-state index in [2.05, 4.69) is 40.2 Å². The van der Waals surface area contributed by atoms with Gasteiger partial charge < -0.3 is 18.9 Å². The zero-order chi connectivity index (χ0) is 24.2. The number of benzene rings is 2. The number of rotatable bonds is 6. The van der Waals surface area contributed by atoms with Gasteiger partial charge in [0, 0.05) is 35.8 Å². The summed E-state index contributed by atoms with van der Waals surface area (Å²) in [6.45, 7) is 2.50. The van der Waals surface area contributed by atoms with E-state index in [1.165, 1.54) is 5.39 Å². The number of aromatic nitrogens is 2. The lowest BCUT2D eigenvalue weighted by molar-refractivity contribution is -0.0640. The lowest BCUT2D eigenvalue weighted by Crippen LogP contribution is -2.34. The van der Waals surface area contributed by atoms with E-state index >= 15 is 0 Å². The first-order chi connectivity index (χ1) is 16.9. The molecule has 6 heteroatoms. The first-order valence-corrected chi connectivity index (χ1v) is 12.9. The number of hydrogen-bond donors (Lipinski definition) is 1. The van der Waals surface area contributed by atoms with Gasteiger partial charge >= 0.3 is 0 Å². The van der Waals surface area contributed by atoms with Crippen LogP contribution in [-0.2, 0) is 24.0 Å². The molecule has 0 bridgehead atoms. The van der Waals surface area contributed by atoms with Crippen molar-refractivity contribution >= 4 is 22.5 Å². The average molecular weight is 491 g/mol. The molecule has 35 heavy (non-hydrogen) atoms. The van der Waals surface area contributed by atoms with Crippen molar-refractivity contribution in [3.05, 3.63) is 76.1 Å². The number of aryl methyl sites for hydroxylation is 2. The monoisotopic (exact) mass is 490 g/mol. The van der Waals surface area contributed by atoms with Crippen molar-refractivity contribution in [1.82, 2.24) is 9.72 Å². The van der Waals surface area contributed by atoms with Crippen LogP contribution in [0.25, 0.3) is 22.2 Å². The lowest BCUT2D eigenvalue weighted by Gasteiger charge is -2.36. The SMILES string of the molecule is Cc1cccc(Cl)c1-c1noc(C2CC2)c1CO[C@H]1CC[C@](O)(c2ccc3ccn(C)c3c2)CC1. The standard InChI is InChI=1S/C29H31ClN2O3/c1-18-4-3-5-24(30)26(18)27-23(28(35-31-27)20-6-7-20)17-34-22-10-13-29(33,14-11-22)21-9-8-19-12-15-32(2)25(19)16-21/h3-5,8-9,12,15-16,20,22,33H,6-7,10-11,13-14,17H2,1-2H3/t22-,29+. The minimum Gasteiger partial charge on any atom is -0.385 e. The molecule has 2 aliphatic carbocycles. The Morgan fingerprint density at radius 1 is 1.14 bits per heavy atom. The van der Waals surface area contributed by atoms with Gasteiger partial charge in [0.05, 0.1) is 23.3 Å². The summed E-state index contributed by atoms with van der Waals surface area (Å²) in [5.74, 6) is 1.38. The Morgan fingerprint density at radius 3 is 2.69 bits per heavy atom. The van der Waals surface area contributed by atoms with Crippen molar-refractivity contribution < 1.29 is 14.4 Å². The molecule has 0 aliphatic heterocycles. The van der Waals surface area contributed by atoms with E-state index < -0.39 is 5.60 Å². The van der Waals surface area contributed by atoms with Crippen LogP contribution in [0.15, 0.2) is 53.2 Å². The molecule has 2 heterocycles. The molecule has 2 aromatic heterocycles. The Kier molecular flexibility index (Phi) is 5.75. The summed E-state index contributed by atoms with van der Waals surface area (Å²) >= 11 is 6.57. The van der Waals surface area contributed by atoms with Crippen molar-refractivity contribution in [3.63, 3.8) is 0 Å². The van der Waals surface area contributed by atoms with Crippen LogP contribution in [0, 0.1) is 6.92 Å². The highest BCUT2D eigenvalue weighted by Crippen LogP contribution is 2.46. The molecule has 0 saturated heterocycles. The molecular weight excluding hydrogens is 460 g/mol. The van der Waals surface area contributed by atoms with E-state index in [-0.39, 0.29) is 6.10 Å². The molecule has 0 radical (unpaired) electrons. The zero-order valence-corrected chi connectivity index (χ0v) is 21.0. The van der Waals surface area contributed by atoms with Crippen LogP contribution in [0.3, 0.4) is 0 Å². The molecule has 4 aromatic rings. The van der Waals surface area contributed by atoms with E-state index in [0.29, 0.717) is 30.4 Å². The number of fused-ring (bicyclic) bond motifs is 1. The second kappa shape index (κ2) is 8.81. The van der Waals surface area contributed by atoms with Gasteiger partial charge in [-0.25, -0.2) is 0 Å². The van der Waals surface area contributed by atoms with Crippen molar-refractivity contribution in [2.45, 2.75) is 69.7 Å². The predicted octanol–water partition coefficient (Wildman–Crippen LogP) is 7.02. The number of aliphatic hydroxyl groups is 1. The first-order valence-electron chi connectivity index (χ1n) is 12.6. The summed E-state index contributed by atoms with van der Waals surface area (Å²) in [4.78, 5) is 0. The summed E-state index contributed by atoms with van der Waals surface area (Å²) in [6, 6.07) is 14.3. The molecule has 0 atom stereocenters. The second-order valence-electron chi connectivity index (χ2n) is 10.3.